The van der Waals surface area contributed by atoms with Crippen molar-refractivity contribution in [3.8, 4) is 5.75 Å². The standard InChI is InChI=1S/C15H21NO2/c1-10(11-6-7-11)8-14(15(16)17)12-4-3-5-13(9-12)18-2/h3-5,9-11,14H,6-8H2,1-2H3,(H2,16,17). The lowest BCUT2D eigenvalue weighted by atomic mass is 9.87. The number of amides is 1. The summed E-state index contributed by atoms with van der Waals surface area (Å²) in [5.41, 5.74) is 6.52. The molecule has 1 fully saturated rings. The normalized spacial score (nSPS) is 18.1. The fourth-order valence-electron chi connectivity index (χ4n) is 2.50. The topological polar surface area (TPSA) is 52.3 Å². The van der Waals surface area contributed by atoms with Crippen molar-refractivity contribution in [2.45, 2.75) is 32.1 Å². The predicted octanol–water partition coefficient (Wildman–Crippen LogP) is 2.70. The lowest BCUT2D eigenvalue weighted by Gasteiger charge is -2.19. The van der Waals surface area contributed by atoms with Crippen LogP contribution in [0.3, 0.4) is 0 Å². The van der Waals surface area contributed by atoms with E-state index in [-0.39, 0.29) is 11.8 Å². The Kier molecular flexibility index (Phi) is 3.90. The van der Waals surface area contributed by atoms with Crippen molar-refractivity contribution < 1.29 is 9.53 Å². The van der Waals surface area contributed by atoms with E-state index >= 15 is 0 Å². The van der Waals surface area contributed by atoms with Gasteiger partial charge in [-0.25, -0.2) is 0 Å². The Morgan fingerprint density at radius 2 is 2.22 bits per heavy atom. The van der Waals surface area contributed by atoms with E-state index < -0.39 is 0 Å². The number of methoxy groups -OCH3 is 1. The van der Waals surface area contributed by atoms with Crippen LogP contribution in [0.15, 0.2) is 24.3 Å². The molecule has 0 spiro atoms. The summed E-state index contributed by atoms with van der Waals surface area (Å²) < 4.78 is 5.20. The molecule has 1 aliphatic carbocycles. The van der Waals surface area contributed by atoms with Crippen LogP contribution in [0, 0.1) is 11.8 Å². The minimum atomic E-state index is -0.240. The summed E-state index contributed by atoms with van der Waals surface area (Å²) in [5.74, 6) is 1.69. The molecule has 1 aliphatic rings. The molecule has 98 valence electrons. The number of ether oxygens (including phenoxy) is 1. The second-order valence-corrected chi connectivity index (χ2v) is 5.28. The second kappa shape index (κ2) is 5.42. The minimum Gasteiger partial charge on any atom is -0.497 e. The average molecular weight is 247 g/mol. The molecular weight excluding hydrogens is 226 g/mol. The number of hydrogen-bond donors (Lipinski definition) is 1. The summed E-state index contributed by atoms with van der Waals surface area (Å²) in [5, 5.41) is 0. The van der Waals surface area contributed by atoms with Crippen molar-refractivity contribution in [1.29, 1.82) is 0 Å². The van der Waals surface area contributed by atoms with Crippen LogP contribution in [-0.4, -0.2) is 13.0 Å². The number of carbonyl (C=O) groups is 1. The smallest absolute Gasteiger partial charge is 0.224 e. The van der Waals surface area contributed by atoms with Crippen molar-refractivity contribution in [3.63, 3.8) is 0 Å². The number of benzene rings is 1. The fraction of sp³-hybridized carbons (Fsp3) is 0.533. The minimum absolute atomic E-state index is 0.198. The zero-order chi connectivity index (χ0) is 13.1. The number of rotatable bonds is 6. The maximum atomic E-state index is 11.7. The zero-order valence-corrected chi connectivity index (χ0v) is 11.1. The molecule has 0 radical (unpaired) electrons. The van der Waals surface area contributed by atoms with Crippen LogP contribution in [0.25, 0.3) is 0 Å². The summed E-state index contributed by atoms with van der Waals surface area (Å²) in [7, 11) is 1.63. The molecule has 0 aliphatic heterocycles. The summed E-state index contributed by atoms with van der Waals surface area (Å²) in [6, 6.07) is 7.66. The van der Waals surface area contributed by atoms with Gasteiger partial charge in [0.2, 0.25) is 5.91 Å². The molecule has 1 aromatic carbocycles. The highest BCUT2D eigenvalue weighted by atomic mass is 16.5. The van der Waals surface area contributed by atoms with Gasteiger partial charge in [0, 0.05) is 0 Å². The van der Waals surface area contributed by atoms with E-state index in [1.54, 1.807) is 7.11 Å². The number of hydrogen-bond acceptors (Lipinski definition) is 2. The van der Waals surface area contributed by atoms with Crippen molar-refractivity contribution in [2.75, 3.05) is 7.11 Å². The molecule has 0 saturated heterocycles. The van der Waals surface area contributed by atoms with Crippen LogP contribution < -0.4 is 10.5 Å². The second-order valence-electron chi connectivity index (χ2n) is 5.28. The Bertz CT molecular complexity index is 426. The molecular formula is C15H21NO2. The lowest BCUT2D eigenvalue weighted by molar-refractivity contribution is -0.119. The first-order valence-corrected chi connectivity index (χ1v) is 6.55. The van der Waals surface area contributed by atoms with Gasteiger partial charge in [0.1, 0.15) is 5.75 Å². The average Bonchev–Trinajstić information content (AvgIpc) is 3.19. The van der Waals surface area contributed by atoms with Crippen LogP contribution in [0.2, 0.25) is 0 Å². The maximum absolute atomic E-state index is 11.7. The quantitative estimate of drug-likeness (QED) is 0.840. The molecule has 1 aromatic rings. The fourth-order valence-corrected chi connectivity index (χ4v) is 2.50. The van der Waals surface area contributed by atoms with Crippen molar-refractivity contribution in [1.82, 2.24) is 0 Å². The van der Waals surface area contributed by atoms with Crippen LogP contribution in [0.4, 0.5) is 0 Å². The van der Waals surface area contributed by atoms with E-state index in [1.807, 2.05) is 24.3 Å². The number of nitrogens with two attached hydrogens (primary N) is 1. The van der Waals surface area contributed by atoms with Crippen molar-refractivity contribution in [3.05, 3.63) is 29.8 Å². The van der Waals surface area contributed by atoms with Gasteiger partial charge in [0.25, 0.3) is 0 Å². The number of primary amides is 1. The van der Waals surface area contributed by atoms with E-state index in [1.165, 1.54) is 12.8 Å². The van der Waals surface area contributed by atoms with Gasteiger partial charge in [0.05, 0.1) is 13.0 Å². The predicted molar refractivity (Wildman–Crippen MR) is 71.4 cm³/mol. The van der Waals surface area contributed by atoms with E-state index in [4.69, 9.17) is 10.5 Å². The Balaban J connectivity index is 2.14. The highest BCUT2D eigenvalue weighted by Crippen LogP contribution is 2.41. The molecule has 0 bridgehead atoms. The molecule has 2 rings (SSSR count). The van der Waals surface area contributed by atoms with Crippen molar-refractivity contribution >= 4 is 5.91 Å². The summed E-state index contributed by atoms with van der Waals surface area (Å²) in [6.45, 7) is 2.22. The zero-order valence-electron chi connectivity index (χ0n) is 11.1. The van der Waals surface area contributed by atoms with Gasteiger partial charge in [-0.05, 0) is 48.8 Å². The van der Waals surface area contributed by atoms with E-state index in [0.717, 1.165) is 23.7 Å². The summed E-state index contributed by atoms with van der Waals surface area (Å²) in [4.78, 5) is 11.7. The third-order valence-corrected chi connectivity index (χ3v) is 3.87. The van der Waals surface area contributed by atoms with Gasteiger partial charge in [0.15, 0.2) is 0 Å². The first kappa shape index (κ1) is 12.9. The first-order chi connectivity index (χ1) is 8.61. The van der Waals surface area contributed by atoms with E-state index in [2.05, 4.69) is 6.92 Å². The largest absolute Gasteiger partial charge is 0.497 e. The molecule has 1 amide bonds. The van der Waals surface area contributed by atoms with Gasteiger partial charge in [-0.1, -0.05) is 19.1 Å². The van der Waals surface area contributed by atoms with Crippen LogP contribution >= 0.6 is 0 Å². The van der Waals surface area contributed by atoms with Crippen LogP contribution in [0.5, 0.6) is 5.75 Å². The SMILES string of the molecule is COc1cccc(C(CC(C)C2CC2)C(N)=O)c1. The molecule has 2 N–H and O–H groups in total. The molecule has 0 heterocycles. The first-order valence-electron chi connectivity index (χ1n) is 6.55. The maximum Gasteiger partial charge on any atom is 0.224 e. The molecule has 1 saturated carbocycles. The third kappa shape index (κ3) is 3.03. The van der Waals surface area contributed by atoms with E-state index in [9.17, 15) is 4.79 Å². The monoisotopic (exact) mass is 247 g/mol. The van der Waals surface area contributed by atoms with Gasteiger partial charge in [-0.3, -0.25) is 4.79 Å². The van der Waals surface area contributed by atoms with Gasteiger partial charge in [-0.15, -0.1) is 0 Å². The highest BCUT2D eigenvalue weighted by molar-refractivity contribution is 5.82. The van der Waals surface area contributed by atoms with Crippen LogP contribution in [0.1, 0.15) is 37.7 Å². The Morgan fingerprint density at radius 3 is 2.78 bits per heavy atom. The molecule has 3 heteroatoms. The summed E-state index contributed by atoms with van der Waals surface area (Å²) >= 11 is 0. The van der Waals surface area contributed by atoms with Gasteiger partial charge in [-0.2, -0.15) is 0 Å². The highest BCUT2D eigenvalue weighted by Gasteiger charge is 2.31. The van der Waals surface area contributed by atoms with Gasteiger partial charge < -0.3 is 10.5 Å². The Hall–Kier alpha value is -1.51. The Morgan fingerprint density at radius 1 is 1.50 bits per heavy atom. The van der Waals surface area contributed by atoms with Crippen molar-refractivity contribution in [2.24, 2.45) is 17.6 Å². The van der Waals surface area contributed by atoms with E-state index in [0.29, 0.717) is 5.92 Å². The molecule has 2 unspecified atom stereocenters. The third-order valence-electron chi connectivity index (χ3n) is 3.87. The summed E-state index contributed by atoms with van der Waals surface area (Å²) in [6.07, 6.45) is 3.43. The molecule has 3 nitrogen and oxygen atoms in total. The molecule has 18 heavy (non-hydrogen) atoms. The molecule has 0 aromatic heterocycles. The van der Waals surface area contributed by atoms with Gasteiger partial charge >= 0.3 is 0 Å². The molecule has 2 atom stereocenters. The number of carbonyl (C=O) groups excluding carboxylic acids is 1. The van der Waals surface area contributed by atoms with Crippen LogP contribution in [-0.2, 0) is 4.79 Å². The Labute approximate surface area is 108 Å². The lowest BCUT2D eigenvalue weighted by Crippen LogP contribution is -2.23.